The Morgan fingerprint density at radius 3 is 2.65 bits per heavy atom. The quantitative estimate of drug-likeness (QED) is 0.862. The maximum absolute atomic E-state index is 12.1. The molecule has 0 bridgehead atoms. The number of piperidine rings is 1. The largest absolute Gasteiger partial charge is 0.444 e. The van der Waals surface area contributed by atoms with Crippen molar-refractivity contribution in [3.8, 4) is 0 Å². The van der Waals surface area contributed by atoms with Crippen LogP contribution in [-0.2, 0) is 4.74 Å². The molecule has 1 amide bonds. The molecule has 20 heavy (non-hydrogen) atoms. The second-order valence-electron chi connectivity index (χ2n) is 7.47. The number of carbonyl (C=O) groups is 1. The van der Waals surface area contributed by atoms with Gasteiger partial charge in [0.05, 0.1) is 0 Å². The zero-order chi connectivity index (χ0) is 14.8. The Kier molecular flexibility index (Phi) is 4.95. The van der Waals surface area contributed by atoms with Gasteiger partial charge in [0.15, 0.2) is 0 Å². The molecular weight excluding hydrogens is 252 g/mol. The highest BCUT2D eigenvalue weighted by Gasteiger charge is 2.30. The van der Waals surface area contributed by atoms with Gasteiger partial charge < -0.3 is 15.0 Å². The monoisotopic (exact) mass is 282 g/mol. The number of ether oxygens (including phenoxy) is 1. The number of nitrogens with one attached hydrogen (secondary N) is 1. The van der Waals surface area contributed by atoms with Gasteiger partial charge in [-0.2, -0.15) is 0 Å². The molecule has 2 unspecified atom stereocenters. The standard InChI is InChI=1S/C16H30N2O2/c1-12(17-10-13-7-8-13)14-6-5-9-18(11-14)15(19)20-16(2,3)4/h12-14,17H,5-11H2,1-4H3. The Morgan fingerprint density at radius 2 is 2.05 bits per heavy atom. The van der Waals surface area contributed by atoms with Crippen LogP contribution in [0.1, 0.15) is 53.4 Å². The lowest BCUT2D eigenvalue weighted by molar-refractivity contribution is 0.0148. The Morgan fingerprint density at radius 1 is 1.35 bits per heavy atom. The van der Waals surface area contributed by atoms with Crippen molar-refractivity contribution in [2.75, 3.05) is 19.6 Å². The summed E-state index contributed by atoms with van der Waals surface area (Å²) in [6.07, 6.45) is 4.90. The minimum Gasteiger partial charge on any atom is -0.444 e. The van der Waals surface area contributed by atoms with E-state index in [4.69, 9.17) is 4.74 Å². The van der Waals surface area contributed by atoms with E-state index >= 15 is 0 Å². The molecule has 1 aliphatic heterocycles. The predicted molar refractivity (Wildman–Crippen MR) is 80.7 cm³/mol. The Labute approximate surface area is 123 Å². The zero-order valence-electron chi connectivity index (χ0n) is 13.4. The second-order valence-corrected chi connectivity index (χ2v) is 7.47. The van der Waals surface area contributed by atoms with Gasteiger partial charge in [-0.25, -0.2) is 4.79 Å². The molecule has 0 aromatic heterocycles. The van der Waals surface area contributed by atoms with Gasteiger partial charge in [0.2, 0.25) is 0 Å². The molecule has 2 aliphatic rings. The number of hydrogen-bond donors (Lipinski definition) is 1. The molecule has 1 saturated heterocycles. The fourth-order valence-corrected chi connectivity index (χ4v) is 2.75. The lowest BCUT2D eigenvalue weighted by Crippen LogP contribution is -2.48. The predicted octanol–water partition coefficient (Wildman–Crippen LogP) is 3.02. The normalized spacial score (nSPS) is 25.4. The van der Waals surface area contributed by atoms with Crippen molar-refractivity contribution in [2.24, 2.45) is 11.8 Å². The van der Waals surface area contributed by atoms with Crippen LogP contribution in [0.25, 0.3) is 0 Å². The van der Waals surface area contributed by atoms with Crippen molar-refractivity contribution < 1.29 is 9.53 Å². The Bertz CT molecular complexity index is 334. The summed E-state index contributed by atoms with van der Waals surface area (Å²) in [4.78, 5) is 14.0. The smallest absolute Gasteiger partial charge is 0.410 e. The molecule has 0 radical (unpaired) electrons. The molecule has 1 saturated carbocycles. The summed E-state index contributed by atoms with van der Waals surface area (Å²) in [5.74, 6) is 1.46. The van der Waals surface area contributed by atoms with Gasteiger partial charge in [-0.05, 0) is 71.8 Å². The van der Waals surface area contributed by atoms with E-state index in [1.807, 2.05) is 25.7 Å². The highest BCUT2D eigenvalue weighted by Crippen LogP contribution is 2.28. The molecule has 2 fully saturated rings. The second kappa shape index (κ2) is 6.33. The lowest BCUT2D eigenvalue weighted by atomic mass is 9.91. The molecule has 1 N–H and O–H groups in total. The first-order valence-corrected chi connectivity index (χ1v) is 8.06. The lowest BCUT2D eigenvalue weighted by Gasteiger charge is -2.36. The molecule has 0 aromatic carbocycles. The van der Waals surface area contributed by atoms with E-state index in [1.165, 1.54) is 19.3 Å². The summed E-state index contributed by atoms with van der Waals surface area (Å²) in [5.41, 5.74) is -0.403. The molecule has 0 aromatic rings. The first kappa shape index (κ1) is 15.6. The minimum absolute atomic E-state index is 0.156. The molecule has 116 valence electrons. The van der Waals surface area contributed by atoms with Crippen LogP contribution in [0.3, 0.4) is 0 Å². The highest BCUT2D eigenvalue weighted by atomic mass is 16.6. The highest BCUT2D eigenvalue weighted by molar-refractivity contribution is 5.68. The van der Waals surface area contributed by atoms with Crippen molar-refractivity contribution in [3.63, 3.8) is 0 Å². The maximum atomic E-state index is 12.1. The van der Waals surface area contributed by atoms with Gasteiger partial charge >= 0.3 is 6.09 Å². The van der Waals surface area contributed by atoms with Crippen LogP contribution in [0.15, 0.2) is 0 Å². The van der Waals surface area contributed by atoms with Gasteiger partial charge in [0.1, 0.15) is 5.60 Å². The average molecular weight is 282 g/mol. The Balaban J connectivity index is 1.79. The van der Waals surface area contributed by atoms with Crippen molar-refractivity contribution in [1.29, 1.82) is 0 Å². The molecule has 4 heteroatoms. The summed E-state index contributed by atoms with van der Waals surface area (Å²) < 4.78 is 5.48. The summed E-state index contributed by atoms with van der Waals surface area (Å²) >= 11 is 0. The van der Waals surface area contributed by atoms with Gasteiger partial charge in [-0.1, -0.05) is 0 Å². The third kappa shape index (κ3) is 4.97. The van der Waals surface area contributed by atoms with Crippen LogP contribution in [0.2, 0.25) is 0 Å². The van der Waals surface area contributed by atoms with Gasteiger partial charge in [-0.15, -0.1) is 0 Å². The van der Waals surface area contributed by atoms with Gasteiger partial charge in [-0.3, -0.25) is 0 Å². The molecule has 4 nitrogen and oxygen atoms in total. The van der Waals surface area contributed by atoms with Crippen molar-refractivity contribution in [2.45, 2.75) is 65.0 Å². The van der Waals surface area contributed by atoms with Gasteiger partial charge in [0.25, 0.3) is 0 Å². The third-order valence-electron chi connectivity index (χ3n) is 4.24. The van der Waals surface area contributed by atoms with Crippen LogP contribution in [0.4, 0.5) is 4.79 Å². The Hall–Kier alpha value is -0.770. The molecule has 0 spiro atoms. The number of nitrogens with zero attached hydrogens (tertiary/aromatic N) is 1. The van der Waals surface area contributed by atoms with Crippen LogP contribution in [0.5, 0.6) is 0 Å². The SMILES string of the molecule is CC(NCC1CC1)C1CCCN(C(=O)OC(C)(C)C)C1. The van der Waals surface area contributed by atoms with Crippen LogP contribution >= 0.6 is 0 Å². The van der Waals surface area contributed by atoms with E-state index in [2.05, 4.69) is 12.2 Å². The molecule has 1 heterocycles. The number of rotatable bonds is 4. The molecule has 1 aliphatic carbocycles. The molecular formula is C16H30N2O2. The van der Waals surface area contributed by atoms with E-state index in [-0.39, 0.29) is 6.09 Å². The van der Waals surface area contributed by atoms with Crippen molar-refractivity contribution in [3.05, 3.63) is 0 Å². The number of hydrogen-bond acceptors (Lipinski definition) is 3. The fourth-order valence-electron chi connectivity index (χ4n) is 2.75. The topological polar surface area (TPSA) is 41.6 Å². The number of carbonyl (C=O) groups excluding carboxylic acids is 1. The van der Waals surface area contributed by atoms with Gasteiger partial charge in [0, 0.05) is 19.1 Å². The van der Waals surface area contributed by atoms with E-state index in [0.717, 1.165) is 32.0 Å². The van der Waals surface area contributed by atoms with E-state index < -0.39 is 5.60 Å². The summed E-state index contributed by atoms with van der Waals surface area (Å²) in [6.45, 7) is 10.8. The van der Waals surface area contributed by atoms with Crippen LogP contribution in [0, 0.1) is 11.8 Å². The van der Waals surface area contributed by atoms with Crippen LogP contribution < -0.4 is 5.32 Å². The van der Waals surface area contributed by atoms with Crippen molar-refractivity contribution >= 4 is 6.09 Å². The summed E-state index contributed by atoms with van der Waals surface area (Å²) in [7, 11) is 0. The van der Waals surface area contributed by atoms with E-state index in [1.54, 1.807) is 0 Å². The summed E-state index contributed by atoms with van der Waals surface area (Å²) in [5, 5.41) is 3.64. The third-order valence-corrected chi connectivity index (χ3v) is 4.24. The zero-order valence-corrected chi connectivity index (χ0v) is 13.4. The average Bonchev–Trinajstić information content (AvgIpc) is 3.18. The minimum atomic E-state index is -0.403. The number of amides is 1. The fraction of sp³-hybridized carbons (Fsp3) is 0.938. The first-order valence-electron chi connectivity index (χ1n) is 8.06. The first-order chi connectivity index (χ1) is 9.35. The number of likely N-dealkylation sites (tertiary alicyclic amines) is 1. The maximum Gasteiger partial charge on any atom is 0.410 e. The van der Waals surface area contributed by atoms with E-state index in [9.17, 15) is 4.79 Å². The summed E-state index contributed by atoms with van der Waals surface area (Å²) in [6, 6.07) is 0.487. The molecule has 2 rings (SSSR count). The van der Waals surface area contributed by atoms with Crippen molar-refractivity contribution in [1.82, 2.24) is 10.2 Å². The van der Waals surface area contributed by atoms with E-state index in [0.29, 0.717) is 12.0 Å². The van der Waals surface area contributed by atoms with Crippen LogP contribution in [-0.4, -0.2) is 42.3 Å². The molecule has 2 atom stereocenters.